The highest BCUT2D eigenvalue weighted by Crippen LogP contribution is 2.39. The summed E-state index contributed by atoms with van der Waals surface area (Å²) in [6.45, 7) is 2.85. The van der Waals surface area contributed by atoms with Crippen LogP contribution in [0.1, 0.15) is 29.5 Å². The number of fused-ring (bicyclic) bond motifs is 4. The molecule has 1 saturated heterocycles. The van der Waals surface area contributed by atoms with E-state index in [0.717, 1.165) is 67.6 Å². The van der Waals surface area contributed by atoms with Crippen LogP contribution in [0.4, 0.5) is 5.82 Å². The summed E-state index contributed by atoms with van der Waals surface area (Å²) in [5, 5.41) is 9.86. The SMILES string of the molecule is COCC1CCN(c2c3c(c(C#N)c4nc5ccccc5n24)CCC3)C1. The maximum atomic E-state index is 9.86. The number of hydrogen-bond donors (Lipinski definition) is 0. The summed E-state index contributed by atoms with van der Waals surface area (Å²) in [4.78, 5) is 7.34. The number of anilines is 1. The molecule has 5 heteroatoms. The molecule has 5 nitrogen and oxygen atoms in total. The molecular weight excluding hydrogens is 324 g/mol. The quantitative estimate of drug-likeness (QED) is 0.730. The number of para-hydroxylation sites is 2. The van der Waals surface area contributed by atoms with E-state index in [1.807, 2.05) is 12.1 Å². The number of imidazole rings is 1. The predicted octanol–water partition coefficient (Wildman–Crippen LogP) is 3.32. The zero-order chi connectivity index (χ0) is 17.7. The Morgan fingerprint density at radius 1 is 1.27 bits per heavy atom. The fourth-order valence-electron chi connectivity index (χ4n) is 4.79. The first-order chi connectivity index (χ1) is 12.8. The molecule has 0 saturated carbocycles. The zero-order valence-electron chi connectivity index (χ0n) is 15.0. The van der Waals surface area contributed by atoms with Crippen molar-refractivity contribution in [3.63, 3.8) is 0 Å². The summed E-state index contributed by atoms with van der Waals surface area (Å²) < 4.78 is 7.64. The number of benzene rings is 1. The van der Waals surface area contributed by atoms with Crippen LogP contribution in [0.2, 0.25) is 0 Å². The molecule has 0 N–H and O–H groups in total. The van der Waals surface area contributed by atoms with Crippen LogP contribution in [0.5, 0.6) is 0 Å². The monoisotopic (exact) mass is 346 g/mol. The Hall–Kier alpha value is -2.58. The lowest BCUT2D eigenvalue weighted by Crippen LogP contribution is -2.25. The average molecular weight is 346 g/mol. The highest BCUT2D eigenvalue weighted by Gasteiger charge is 2.31. The van der Waals surface area contributed by atoms with Gasteiger partial charge in [0.15, 0.2) is 5.65 Å². The normalized spacial score (nSPS) is 19.4. The Balaban J connectivity index is 1.81. The summed E-state index contributed by atoms with van der Waals surface area (Å²) in [6.07, 6.45) is 4.31. The second kappa shape index (κ2) is 6.00. The maximum Gasteiger partial charge on any atom is 0.157 e. The van der Waals surface area contributed by atoms with Gasteiger partial charge in [-0.2, -0.15) is 5.26 Å². The van der Waals surface area contributed by atoms with Crippen molar-refractivity contribution < 1.29 is 4.74 Å². The lowest BCUT2D eigenvalue weighted by atomic mass is 10.1. The van der Waals surface area contributed by atoms with Gasteiger partial charge in [0.05, 0.1) is 23.2 Å². The van der Waals surface area contributed by atoms with Crippen molar-refractivity contribution in [3.05, 3.63) is 41.0 Å². The minimum absolute atomic E-state index is 0.567. The van der Waals surface area contributed by atoms with Gasteiger partial charge >= 0.3 is 0 Å². The molecule has 0 radical (unpaired) electrons. The molecule has 2 aliphatic rings. The standard InChI is InChI=1S/C21H22N4O/c1-26-13-14-9-10-24(12-14)21-16-6-4-5-15(16)17(11-22)20-23-18-7-2-3-8-19(18)25(20)21/h2-3,7-8,14H,4-6,9-10,12-13H2,1H3. The second-order valence-electron chi connectivity index (χ2n) is 7.44. The van der Waals surface area contributed by atoms with Gasteiger partial charge in [-0.3, -0.25) is 4.40 Å². The van der Waals surface area contributed by atoms with E-state index in [2.05, 4.69) is 27.5 Å². The Kier molecular flexibility index (Phi) is 3.61. The molecule has 0 bridgehead atoms. The van der Waals surface area contributed by atoms with E-state index in [4.69, 9.17) is 9.72 Å². The van der Waals surface area contributed by atoms with Crippen molar-refractivity contribution in [1.82, 2.24) is 9.38 Å². The Morgan fingerprint density at radius 3 is 2.96 bits per heavy atom. The number of aromatic nitrogens is 2. The summed E-state index contributed by atoms with van der Waals surface area (Å²) in [5.41, 5.74) is 6.22. The van der Waals surface area contributed by atoms with Gasteiger partial charge in [-0.05, 0) is 48.9 Å². The number of hydrogen-bond acceptors (Lipinski definition) is 4. The van der Waals surface area contributed by atoms with Crippen LogP contribution in [0.25, 0.3) is 16.7 Å². The highest BCUT2D eigenvalue weighted by atomic mass is 16.5. The van der Waals surface area contributed by atoms with E-state index in [1.54, 1.807) is 7.11 Å². The number of nitriles is 1. The molecule has 1 fully saturated rings. The molecule has 1 aliphatic carbocycles. The molecular formula is C21H22N4O. The van der Waals surface area contributed by atoms with Gasteiger partial charge < -0.3 is 9.64 Å². The lowest BCUT2D eigenvalue weighted by molar-refractivity contribution is 0.161. The third-order valence-electron chi connectivity index (χ3n) is 5.89. The van der Waals surface area contributed by atoms with E-state index in [1.165, 1.54) is 16.9 Å². The number of pyridine rings is 1. The molecule has 5 rings (SSSR count). The van der Waals surface area contributed by atoms with Crippen LogP contribution in [0, 0.1) is 17.2 Å². The Morgan fingerprint density at radius 2 is 2.12 bits per heavy atom. The Bertz CT molecular complexity index is 1050. The molecule has 1 aliphatic heterocycles. The second-order valence-corrected chi connectivity index (χ2v) is 7.44. The van der Waals surface area contributed by atoms with Crippen LogP contribution in [-0.4, -0.2) is 36.2 Å². The van der Waals surface area contributed by atoms with Gasteiger partial charge in [0.25, 0.3) is 0 Å². The van der Waals surface area contributed by atoms with Crippen molar-refractivity contribution in [2.75, 3.05) is 31.7 Å². The van der Waals surface area contributed by atoms with Gasteiger partial charge in [0.1, 0.15) is 11.9 Å². The van der Waals surface area contributed by atoms with Crippen LogP contribution in [0.3, 0.4) is 0 Å². The molecule has 3 aromatic rings. The first-order valence-electron chi connectivity index (χ1n) is 9.40. The van der Waals surface area contributed by atoms with Gasteiger partial charge in [-0.25, -0.2) is 4.98 Å². The molecule has 26 heavy (non-hydrogen) atoms. The molecule has 2 aromatic heterocycles. The van der Waals surface area contributed by atoms with E-state index in [0.29, 0.717) is 5.92 Å². The van der Waals surface area contributed by atoms with E-state index >= 15 is 0 Å². The first kappa shape index (κ1) is 15.7. The minimum Gasteiger partial charge on any atom is -0.384 e. The molecule has 3 heterocycles. The van der Waals surface area contributed by atoms with Gasteiger partial charge in [-0.1, -0.05) is 12.1 Å². The number of rotatable bonds is 3. The first-order valence-corrected chi connectivity index (χ1v) is 9.40. The van der Waals surface area contributed by atoms with E-state index in [-0.39, 0.29) is 0 Å². The van der Waals surface area contributed by atoms with Gasteiger partial charge in [0.2, 0.25) is 0 Å². The largest absolute Gasteiger partial charge is 0.384 e. The Labute approximate surface area is 152 Å². The van der Waals surface area contributed by atoms with Crippen LogP contribution in [0.15, 0.2) is 24.3 Å². The van der Waals surface area contributed by atoms with Crippen LogP contribution in [-0.2, 0) is 17.6 Å². The zero-order valence-corrected chi connectivity index (χ0v) is 15.0. The number of methoxy groups -OCH3 is 1. The summed E-state index contributed by atoms with van der Waals surface area (Å²) in [5.74, 6) is 1.83. The average Bonchev–Trinajstić information content (AvgIpc) is 3.38. The molecule has 0 amide bonds. The summed E-state index contributed by atoms with van der Waals surface area (Å²) in [7, 11) is 1.78. The number of ether oxygens (including phenoxy) is 1. The van der Waals surface area contributed by atoms with Crippen molar-refractivity contribution >= 4 is 22.5 Å². The lowest BCUT2D eigenvalue weighted by Gasteiger charge is -2.24. The van der Waals surface area contributed by atoms with Crippen molar-refractivity contribution in [3.8, 4) is 6.07 Å². The summed E-state index contributed by atoms with van der Waals surface area (Å²) in [6, 6.07) is 10.7. The van der Waals surface area contributed by atoms with Crippen molar-refractivity contribution in [2.24, 2.45) is 5.92 Å². The van der Waals surface area contributed by atoms with Crippen molar-refractivity contribution in [2.45, 2.75) is 25.7 Å². The molecule has 132 valence electrons. The van der Waals surface area contributed by atoms with Gasteiger partial charge in [0, 0.05) is 26.1 Å². The fourth-order valence-corrected chi connectivity index (χ4v) is 4.79. The molecule has 1 aromatic carbocycles. The highest BCUT2D eigenvalue weighted by molar-refractivity contribution is 5.86. The summed E-state index contributed by atoms with van der Waals surface area (Å²) >= 11 is 0. The van der Waals surface area contributed by atoms with E-state index < -0.39 is 0 Å². The van der Waals surface area contributed by atoms with Crippen molar-refractivity contribution in [1.29, 1.82) is 5.26 Å². The topological polar surface area (TPSA) is 53.6 Å². The smallest absolute Gasteiger partial charge is 0.157 e. The molecule has 1 atom stereocenters. The minimum atomic E-state index is 0.567. The predicted molar refractivity (Wildman–Crippen MR) is 102 cm³/mol. The van der Waals surface area contributed by atoms with Crippen LogP contribution >= 0.6 is 0 Å². The fraction of sp³-hybridized carbons (Fsp3) is 0.429. The molecule has 0 spiro atoms. The van der Waals surface area contributed by atoms with Crippen LogP contribution < -0.4 is 4.90 Å². The van der Waals surface area contributed by atoms with E-state index in [9.17, 15) is 5.26 Å². The van der Waals surface area contributed by atoms with Gasteiger partial charge in [-0.15, -0.1) is 0 Å². The molecule has 1 unspecified atom stereocenters. The third-order valence-corrected chi connectivity index (χ3v) is 5.89. The number of nitrogens with zero attached hydrogens (tertiary/aromatic N) is 4. The third kappa shape index (κ3) is 2.15. The maximum absolute atomic E-state index is 9.86.